The van der Waals surface area contributed by atoms with Crippen LogP contribution in [0, 0.1) is 0 Å². The normalized spacial score (nSPS) is 12.5. The van der Waals surface area contributed by atoms with Gasteiger partial charge in [0.1, 0.15) is 11.3 Å². The number of rotatable bonds is 6. The summed E-state index contributed by atoms with van der Waals surface area (Å²) in [6.45, 7) is 17.6. The first-order chi connectivity index (χ1) is 24.3. The highest BCUT2D eigenvalue weighted by molar-refractivity contribution is 6.03. The Morgan fingerprint density at radius 2 is 1.37 bits per heavy atom. The number of aliphatic imine (C=N–C) groups is 1. The Balaban J connectivity index is 1.40. The number of hydrogen-bond acceptors (Lipinski definition) is 4. The Morgan fingerprint density at radius 3 is 2.12 bits per heavy atom. The molecule has 0 spiro atoms. The molecule has 0 saturated heterocycles. The van der Waals surface area contributed by atoms with E-state index >= 15 is 0 Å². The minimum absolute atomic E-state index is 0.0691. The molecule has 1 N–H and O–H groups in total. The molecule has 4 heteroatoms. The number of fused-ring (bicyclic) bond motifs is 2. The van der Waals surface area contributed by atoms with Crippen molar-refractivity contribution in [1.82, 2.24) is 4.98 Å². The Kier molecular flexibility index (Phi) is 8.67. The van der Waals surface area contributed by atoms with E-state index in [4.69, 9.17) is 14.4 Å². The molecular weight excluding hydrogens is 625 g/mol. The smallest absolute Gasteiger partial charge is 0.229 e. The van der Waals surface area contributed by atoms with Crippen molar-refractivity contribution in [2.24, 2.45) is 4.99 Å². The van der Waals surface area contributed by atoms with Crippen molar-refractivity contribution in [3.8, 4) is 39.5 Å². The number of phenols is 1. The predicted molar refractivity (Wildman–Crippen MR) is 215 cm³/mol. The van der Waals surface area contributed by atoms with Gasteiger partial charge in [0.25, 0.3) is 0 Å². The van der Waals surface area contributed by atoms with Gasteiger partial charge in [0.05, 0.1) is 11.3 Å². The Hall–Kier alpha value is -5.48. The van der Waals surface area contributed by atoms with Crippen LogP contribution in [0.15, 0.2) is 125 Å². The van der Waals surface area contributed by atoms with E-state index in [0.29, 0.717) is 17.4 Å². The molecule has 51 heavy (non-hydrogen) atoms. The van der Waals surface area contributed by atoms with Gasteiger partial charge in [-0.2, -0.15) is 0 Å². The van der Waals surface area contributed by atoms with Crippen molar-refractivity contribution in [2.75, 3.05) is 0 Å². The summed E-state index contributed by atoms with van der Waals surface area (Å²) in [6, 6.07) is 40.0. The largest absolute Gasteiger partial charge is 0.507 e. The summed E-state index contributed by atoms with van der Waals surface area (Å²) in [7, 11) is 0. The molecule has 0 fully saturated rings. The first kappa shape index (κ1) is 34.0. The summed E-state index contributed by atoms with van der Waals surface area (Å²) in [5, 5.41) is 12.9. The molecule has 0 saturated carbocycles. The van der Waals surface area contributed by atoms with Crippen LogP contribution in [0.1, 0.15) is 83.6 Å². The van der Waals surface area contributed by atoms with Crippen LogP contribution in [0.5, 0.6) is 5.75 Å². The molecule has 7 rings (SSSR count). The van der Waals surface area contributed by atoms with E-state index < -0.39 is 0 Å². The number of nitrogens with zero attached hydrogens (tertiary/aromatic N) is 2. The van der Waals surface area contributed by atoms with Crippen molar-refractivity contribution < 1.29 is 9.52 Å². The summed E-state index contributed by atoms with van der Waals surface area (Å²) in [5.41, 5.74) is 11.7. The van der Waals surface area contributed by atoms with Crippen molar-refractivity contribution >= 4 is 33.8 Å². The lowest BCUT2D eigenvalue weighted by Gasteiger charge is -2.20. The number of aromatic hydroxyl groups is 1. The van der Waals surface area contributed by atoms with E-state index in [0.717, 1.165) is 55.4 Å². The highest BCUT2D eigenvalue weighted by Gasteiger charge is 2.23. The second kappa shape index (κ2) is 13.0. The molecule has 0 bridgehead atoms. The Bertz CT molecular complexity index is 2430. The first-order valence-corrected chi connectivity index (χ1v) is 17.8. The van der Waals surface area contributed by atoms with E-state index in [1.165, 1.54) is 16.7 Å². The van der Waals surface area contributed by atoms with Crippen molar-refractivity contribution in [3.05, 3.63) is 138 Å². The SMILES string of the molecule is CC(C)c1cccc(-c2cccc(-c3cc(C(C)(C)C)cc4oc(-c5ccc6ccccc6c5N=Cc5cc(C(C)(C)C)ccc5O)nc34)c2)c1. The van der Waals surface area contributed by atoms with Gasteiger partial charge in [-0.3, -0.25) is 4.99 Å². The first-order valence-electron chi connectivity index (χ1n) is 17.8. The lowest BCUT2D eigenvalue weighted by Crippen LogP contribution is -2.11. The van der Waals surface area contributed by atoms with E-state index in [2.05, 4.69) is 134 Å². The summed E-state index contributed by atoms with van der Waals surface area (Å²) < 4.78 is 6.70. The minimum Gasteiger partial charge on any atom is -0.507 e. The number of hydrogen-bond donors (Lipinski definition) is 1. The molecule has 0 aliphatic carbocycles. The lowest BCUT2D eigenvalue weighted by molar-refractivity contribution is 0.473. The number of benzene rings is 6. The van der Waals surface area contributed by atoms with Gasteiger partial charge in [-0.15, -0.1) is 0 Å². The van der Waals surface area contributed by atoms with Gasteiger partial charge in [-0.1, -0.05) is 134 Å². The van der Waals surface area contributed by atoms with Gasteiger partial charge >= 0.3 is 0 Å². The van der Waals surface area contributed by atoms with Gasteiger partial charge in [-0.05, 0) is 91.9 Å². The van der Waals surface area contributed by atoms with Crippen LogP contribution in [0.2, 0.25) is 0 Å². The van der Waals surface area contributed by atoms with E-state index in [1.807, 2.05) is 30.3 Å². The number of oxazole rings is 1. The van der Waals surface area contributed by atoms with Gasteiger partial charge in [0.15, 0.2) is 5.58 Å². The molecule has 0 atom stereocenters. The average molecular weight is 671 g/mol. The third kappa shape index (κ3) is 6.83. The highest BCUT2D eigenvalue weighted by atomic mass is 16.3. The number of aromatic nitrogens is 1. The summed E-state index contributed by atoms with van der Waals surface area (Å²) in [6.07, 6.45) is 1.75. The Morgan fingerprint density at radius 1 is 0.667 bits per heavy atom. The van der Waals surface area contributed by atoms with Gasteiger partial charge in [0.2, 0.25) is 5.89 Å². The molecule has 0 amide bonds. The van der Waals surface area contributed by atoms with E-state index in [9.17, 15) is 5.11 Å². The maximum absolute atomic E-state index is 10.8. The molecule has 0 aliphatic heterocycles. The van der Waals surface area contributed by atoms with Crippen LogP contribution in [-0.4, -0.2) is 16.3 Å². The predicted octanol–water partition coefficient (Wildman–Crippen LogP) is 13.2. The minimum atomic E-state index is -0.110. The second-order valence-electron chi connectivity index (χ2n) is 16.0. The molecule has 0 radical (unpaired) electrons. The third-order valence-electron chi connectivity index (χ3n) is 9.78. The standard InChI is InChI=1S/C47H46N2O2/c1-29(2)31-14-11-15-32(23-31)33-16-12-17-34(24-33)40-26-37(47(6,7)8)27-42-44(40)49-45(51-42)39-21-19-30-13-9-10-18-38(30)43(39)48-28-35-25-36(46(3,4)5)20-22-41(35)50/h9-29,50H,1-8H3. The zero-order valence-electron chi connectivity index (χ0n) is 30.9. The van der Waals surface area contributed by atoms with Gasteiger partial charge in [-0.25, -0.2) is 4.98 Å². The molecule has 1 heterocycles. The van der Waals surface area contributed by atoms with Crippen LogP contribution in [0.3, 0.4) is 0 Å². The van der Waals surface area contributed by atoms with E-state index in [1.54, 1.807) is 12.3 Å². The number of phenolic OH excluding ortho intramolecular Hbond substituents is 1. The molecule has 1 aromatic heterocycles. The van der Waals surface area contributed by atoms with Crippen molar-refractivity contribution in [2.45, 2.75) is 72.1 Å². The van der Waals surface area contributed by atoms with Crippen LogP contribution in [0.25, 0.3) is 55.6 Å². The fraction of sp³-hybridized carbons (Fsp3) is 0.234. The Labute approximate surface area is 301 Å². The van der Waals surface area contributed by atoms with Crippen LogP contribution in [-0.2, 0) is 10.8 Å². The second-order valence-corrected chi connectivity index (χ2v) is 16.0. The van der Waals surface area contributed by atoms with Crippen molar-refractivity contribution in [1.29, 1.82) is 0 Å². The zero-order valence-corrected chi connectivity index (χ0v) is 30.9. The quantitative estimate of drug-likeness (QED) is 0.179. The summed E-state index contributed by atoms with van der Waals surface area (Å²) >= 11 is 0. The van der Waals surface area contributed by atoms with Gasteiger partial charge < -0.3 is 9.52 Å². The van der Waals surface area contributed by atoms with Crippen LogP contribution >= 0.6 is 0 Å². The fourth-order valence-electron chi connectivity index (χ4n) is 6.57. The molecule has 7 aromatic rings. The fourth-order valence-corrected chi connectivity index (χ4v) is 6.57. The average Bonchev–Trinajstić information content (AvgIpc) is 3.54. The van der Waals surface area contributed by atoms with Crippen LogP contribution in [0.4, 0.5) is 5.69 Å². The summed E-state index contributed by atoms with van der Waals surface area (Å²) in [4.78, 5) is 10.3. The van der Waals surface area contributed by atoms with Crippen molar-refractivity contribution in [3.63, 3.8) is 0 Å². The lowest BCUT2D eigenvalue weighted by atomic mass is 9.84. The molecular formula is C47H46N2O2. The molecule has 6 aromatic carbocycles. The molecule has 0 unspecified atom stereocenters. The van der Waals surface area contributed by atoms with E-state index in [-0.39, 0.29) is 16.6 Å². The van der Waals surface area contributed by atoms with Gasteiger partial charge in [0, 0.05) is 22.7 Å². The zero-order chi connectivity index (χ0) is 36.1. The maximum Gasteiger partial charge on any atom is 0.229 e. The van der Waals surface area contributed by atoms with Crippen LogP contribution < -0.4 is 0 Å². The summed E-state index contributed by atoms with van der Waals surface area (Å²) in [5.74, 6) is 1.14. The highest BCUT2D eigenvalue weighted by Crippen LogP contribution is 2.42. The molecule has 256 valence electrons. The monoisotopic (exact) mass is 670 g/mol. The molecule has 4 nitrogen and oxygen atoms in total. The third-order valence-corrected chi connectivity index (χ3v) is 9.78. The maximum atomic E-state index is 10.8. The topological polar surface area (TPSA) is 58.6 Å². The molecule has 0 aliphatic rings.